The maximum Gasteiger partial charge on any atom is 0.222 e. The minimum absolute atomic E-state index is 0.0403. The van der Waals surface area contributed by atoms with Crippen molar-refractivity contribution in [3.8, 4) is 0 Å². The summed E-state index contributed by atoms with van der Waals surface area (Å²) in [7, 11) is 0. The van der Waals surface area contributed by atoms with Crippen LogP contribution in [0.1, 0.15) is 52.9 Å². The summed E-state index contributed by atoms with van der Waals surface area (Å²) >= 11 is 0. The van der Waals surface area contributed by atoms with Gasteiger partial charge in [-0.3, -0.25) is 9.79 Å². The zero-order chi connectivity index (χ0) is 14.5. The predicted molar refractivity (Wildman–Crippen MR) is 78.6 cm³/mol. The molecule has 5 nitrogen and oxygen atoms in total. The summed E-state index contributed by atoms with van der Waals surface area (Å²) in [5.41, 5.74) is 10.8. The van der Waals surface area contributed by atoms with Gasteiger partial charge in [-0.05, 0) is 37.0 Å². The van der Waals surface area contributed by atoms with Crippen molar-refractivity contribution in [2.24, 2.45) is 27.8 Å². The topological polar surface area (TPSA) is 93.5 Å². The summed E-state index contributed by atoms with van der Waals surface area (Å²) in [4.78, 5) is 15.5. The lowest BCUT2D eigenvalue weighted by molar-refractivity contribution is -0.121. The Labute approximate surface area is 116 Å². The van der Waals surface area contributed by atoms with Gasteiger partial charge < -0.3 is 16.8 Å². The van der Waals surface area contributed by atoms with Crippen LogP contribution in [-0.4, -0.2) is 24.5 Å². The van der Waals surface area contributed by atoms with E-state index in [1.807, 2.05) is 0 Å². The van der Waals surface area contributed by atoms with Crippen LogP contribution in [0.3, 0.4) is 0 Å². The lowest BCUT2D eigenvalue weighted by Gasteiger charge is -2.37. The highest BCUT2D eigenvalue weighted by molar-refractivity contribution is 5.78. The first-order valence-corrected chi connectivity index (χ1v) is 7.14. The Bertz CT molecular complexity index is 321. The van der Waals surface area contributed by atoms with E-state index in [0.717, 1.165) is 18.8 Å². The lowest BCUT2D eigenvalue weighted by Crippen LogP contribution is -2.39. The third kappa shape index (κ3) is 5.94. The van der Waals surface area contributed by atoms with E-state index < -0.39 is 0 Å². The van der Waals surface area contributed by atoms with Crippen LogP contribution < -0.4 is 16.8 Å². The van der Waals surface area contributed by atoms with E-state index >= 15 is 0 Å². The van der Waals surface area contributed by atoms with E-state index in [4.69, 9.17) is 11.5 Å². The SMILES string of the molecule is CC(C)(C)C1CCC(NC(=O)CCN=C(N)N)CC1. The fourth-order valence-corrected chi connectivity index (χ4v) is 2.69. The first-order chi connectivity index (χ1) is 8.79. The molecule has 0 spiro atoms. The van der Waals surface area contributed by atoms with Crippen LogP contribution in [-0.2, 0) is 4.79 Å². The van der Waals surface area contributed by atoms with Crippen molar-refractivity contribution in [1.29, 1.82) is 0 Å². The number of nitrogens with two attached hydrogens (primary N) is 2. The van der Waals surface area contributed by atoms with Crippen LogP contribution >= 0.6 is 0 Å². The Morgan fingerprint density at radius 1 is 1.21 bits per heavy atom. The van der Waals surface area contributed by atoms with Crippen LogP contribution in [0.2, 0.25) is 0 Å². The highest BCUT2D eigenvalue weighted by atomic mass is 16.1. The summed E-state index contributed by atoms with van der Waals surface area (Å²) < 4.78 is 0. The van der Waals surface area contributed by atoms with Crippen molar-refractivity contribution in [2.75, 3.05) is 6.54 Å². The normalized spacial score (nSPS) is 23.7. The lowest BCUT2D eigenvalue weighted by atomic mass is 9.71. The molecule has 5 N–H and O–H groups in total. The van der Waals surface area contributed by atoms with Crippen LogP contribution in [0.25, 0.3) is 0 Å². The fraction of sp³-hybridized carbons (Fsp3) is 0.857. The highest BCUT2D eigenvalue weighted by Crippen LogP contribution is 2.37. The Kier molecular flexibility index (Phi) is 5.63. The quantitative estimate of drug-likeness (QED) is 0.531. The third-order valence-electron chi connectivity index (χ3n) is 3.95. The van der Waals surface area contributed by atoms with Crippen molar-refractivity contribution in [3.63, 3.8) is 0 Å². The van der Waals surface area contributed by atoms with Crippen molar-refractivity contribution in [3.05, 3.63) is 0 Å². The molecule has 1 amide bonds. The molecule has 0 aromatic carbocycles. The van der Waals surface area contributed by atoms with Gasteiger partial charge in [-0.25, -0.2) is 0 Å². The number of carbonyl (C=O) groups excluding carboxylic acids is 1. The molecule has 0 unspecified atom stereocenters. The predicted octanol–water partition coefficient (Wildman–Crippen LogP) is 1.37. The molecule has 1 aliphatic rings. The number of hydrogen-bond donors (Lipinski definition) is 3. The molecule has 19 heavy (non-hydrogen) atoms. The van der Waals surface area contributed by atoms with Gasteiger partial charge in [0.1, 0.15) is 0 Å². The second kappa shape index (κ2) is 6.78. The number of nitrogens with one attached hydrogen (secondary N) is 1. The van der Waals surface area contributed by atoms with E-state index in [-0.39, 0.29) is 11.9 Å². The first-order valence-electron chi connectivity index (χ1n) is 7.14. The van der Waals surface area contributed by atoms with Crippen LogP contribution in [0.4, 0.5) is 0 Å². The van der Waals surface area contributed by atoms with Crippen molar-refractivity contribution < 1.29 is 4.79 Å². The van der Waals surface area contributed by atoms with Crippen molar-refractivity contribution in [2.45, 2.75) is 58.9 Å². The summed E-state index contributed by atoms with van der Waals surface area (Å²) in [5.74, 6) is 0.852. The number of hydrogen-bond acceptors (Lipinski definition) is 2. The molecule has 1 saturated carbocycles. The number of amides is 1. The Morgan fingerprint density at radius 2 is 1.79 bits per heavy atom. The molecule has 110 valence electrons. The molecule has 0 atom stereocenters. The zero-order valence-corrected chi connectivity index (χ0v) is 12.4. The largest absolute Gasteiger partial charge is 0.370 e. The van der Waals surface area contributed by atoms with Gasteiger partial charge in [0, 0.05) is 12.5 Å². The monoisotopic (exact) mass is 268 g/mol. The number of guanidine groups is 1. The summed E-state index contributed by atoms with van der Waals surface area (Å²) in [6.07, 6.45) is 4.91. The zero-order valence-electron chi connectivity index (χ0n) is 12.4. The van der Waals surface area contributed by atoms with Gasteiger partial charge >= 0.3 is 0 Å². The number of carbonyl (C=O) groups is 1. The van der Waals surface area contributed by atoms with Gasteiger partial charge in [-0.15, -0.1) is 0 Å². The summed E-state index contributed by atoms with van der Waals surface area (Å²) in [5, 5.41) is 3.07. The molecule has 1 fully saturated rings. The standard InChI is InChI=1S/C14H28N4O/c1-14(2,3)10-4-6-11(7-5-10)18-12(19)8-9-17-13(15)16/h10-11H,4-9H2,1-3H3,(H,18,19)(H4,15,16,17). The fourth-order valence-electron chi connectivity index (χ4n) is 2.69. The smallest absolute Gasteiger partial charge is 0.222 e. The average Bonchev–Trinajstić information content (AvgIpc) is 2.27. The van der Waals surface area contributed by atoms with Gasteiger partial charge in [0.25, 0.3) is 0 Å². The van der Waals surface area contributed by atoms with Crippen LogP contribution in [0.15, 0.2) is 4.99 Å². The molecule has 0 aliphatic heterocycles. The van der Waals surface area contributed by atoms with Gasteiger partial charge in [-0.1, -0.05) is 20.8 Å². The Morgan fingerprint density at radius 3 is 2.26 bits per heavy atom. The second-order valence-electron chi connectivity index (χ2n) is 6.54. The third-order valence-corrected chi connectivity index (χ3v) is 3.95. The molecule has 0 heterocycles. The van der Waals surface area contributed by atoms with Crippen molar-refractivity contribution in [1.82, 2.24) is 5.32 Å². The first kappa shape index (κ1) is 15.8. The summed E-state index contributed by atoms with van der Waals surface area (Å²) in [6.45, 7) is 7.26. The van der Waals surface area contributed by atoms with Crippen LogP contribution in [0.5, 0.6) is 0 Å². The van der Waals surface area contributed by atoms with Crippen LogP contribution in [0, 0.1) is 11.3 Å². The summed E-state index contributed by atoms with van der Waals surface area (Å²) in [6, 6.07) is 0.324. The van der Waals surface area contributed by atoms with Gasteiger partial charge in [-0.2, -0.15) is 0 Å². The maximum absolute atomic E-state index is 11.7. The minimum atomic E-state index is 0.0403. The molecular weight excluding hydrogens is 240 g/mol. The highest BCUT2D eigenvalue weighted by Gasteiger charge is 2.29. The molecule has 0 saturated heterocycles. The average molecular weight is 268 g/mol. The molecule has 5 heteroatoms. The Balaban J connectivity index is 2.25. The molecule has 0 radical (unpaired) electrons. The maximum atomic E-state index is 11.7. The van der Waals surface area contributed by atoms with E-state index in [2.05, 4.69) is 31.1 Å². The molecular formula is C14H28N4O. The second-order valence-corrected chi connectivity index (χ2v) is 6.54. The Hall–Kier alpha value is -1.26. The van der Waals surface area contributed by atoms with Gasteiger partial charge in [0.15, 0.2) is 5.96 Å². The van der Waals surface area contributed by atoms with Crippen molar-refractivity contribution >= 4 is 11.9 Å². The van der Waals surface area contributed by atoms with E-state index in [9.17, 15) is 4.79 Å². The molecule has 1 aliphatic carbocycles. The number of nitrogens with zero attached hydrogens (tertiary/aromatic N) is 1. The number of aliphatic imine (C=N–C) groups is 1. The molecule has 0 bridgehead atoms. The molecule has 1 rings (SSSR count). The van der Waals surface area contributed by atoms with E-state index in [0.29, 0.717) is 24.4 Å². The van der Waals surface area contributed by atoms with E-state index in [1.165, 1.54) is 12.8 Å². The minimum Gasteiger partial charge on any atom is -0.370 e. The molecule has 0 aromatic heterocycles. The molecule has 0 aromatic rings. The van der Waals surface area contributed by atoms with E-state index in [1.54, 1.807) is 0 Å². The number of rotatable bonds is 4. The van der Waals surface area contributed by atoms with Gasteiger partial charge in [0.2, 0.25) is 5.91 Å². The van der Waals surface area contributed by atoms with Gasteiger partial charge in [0.05, 0.1) is 6.54 Å².